The smallest absolute Gasteiger partial charge is 0.274 e. The molecule has 8 nitrogen and oxygen atoms in total. The standard InChI is InChI=1S/C24H24F2N6O2/c25-16-6-7-19(26)15(9-16)11-21(33)30-17-4-1-3-14(10-17)20-13-29-23(27)22(32-20)24(34)31-18-5-2-8-28-12-18/h1,3-4,6-7,9-10,13,18,28H,2,5,8,11-12H2,(H2,27,29)(H,30,33)(H,31,34)/t18-/m0/s1. The lowest BCUT2D eigenvalue weighted by molar-refractivity contribution is -0.115. The van der Waals surface area contributed by atoms with Gasteiger partial charge in [0.1, 0.15) is 11.6 Å². The molecule has 0 unspecified atom stereocenters. The first-order valence-electron chi connectivity index (χ1n) is 10.9. The predicted molar refractivity (Wildman–Crippen MR) is 124 cm³/mol. The Bertz CT molecular complexity index is 1210. The van der Waals surface area contributed by atoms with Crippen LogP contribution in [0.1, 0.15) is 28.9 Å². The van der Waals surface area contributed by atoms with Gasteiger partial charge in [0.15, 0.2) is 11.5 Å². The van der Waals surface area contributed by atoms with E-state index in [1.54, 1.807) is 24.3 Å². The van der Waals surface area contributed by atoms with E-state index in [1.807, 2.05) is 0 Å². The average molecular weight is 466 g/mol. The van der Waals surface area contributed by atoms with Gasteiger partial charge in [0, 0.05) is 29.4 Å². The van der Waals surface area contributed by atoms with Crippen molar-refractivity contribution in [2.24, 2.45) is 0 Å². The molecular formula is C24H24F2N6O2. The van der Waals surface area contributed by atoms with Gasteiger partial charge in [-0.05, 0) is 49.7 Å². The van der Waals surface area contributed by atoms with Gasteiger partial charge in [-0.15, -0.1) is 0 Å². The molecule has 10 heteroatoms. The Labute approximate surface area is 195 Å². The molecule has 1 atom stereocenters. The zero-order valence-electron chi connectivity index (χ0n) is 18.3. The van der Waals surface area contributed by atoms with Gasteiger partial charge in [-0.25, -0.2) is 18.7 Å². The van der Waals surface area contributed by atoms with Crippen molar-refractivity contribution in [3.05, 3.63) is 71.6 Å². The fourth-order valence-corrected chi connectivity index (χ4v) is 3.75. The van der Waals surface area contributed by atoms with Gasteiger partial charge in [0.05, 0.1) is 18.3 Å². The van der Waals surface area contributed by atoms with E-state index >= 15 is 0 Å². The van der Waals surface area contributed by atoms with Crippen molar-refractivity contribution in [2.45, 2.75) is 25.3 Å². The van der Waals surface area contributed by atoms with Crippen molar-refractivity contribution in [3.63, 3.8) is 0 Å². The molecule has 0 saturated carbocycles. The average Bonchev–Trinajstić information content (AvgIpc) is 2.82. The zero-order valence-corrected chi connectivity index (χ0v) is 18.3. The van der Waals surface area contributed by atoms with Crippen LogP contribution in [0.2, 0.25) is 0 Å². The predicted octanol–water partition coefficient (Wildman–Crippen LogP) is 2.67. The lowest BCUT2D eigenvalue weighted by Crippen LogP contribution is -2.46. The SMILES string of the molecule is Nc1ncc(-c2cccc(NC(=O)Cc3cc(F)ccc3F)c2)nc1C(=O)N[C@H]1CCCNC1. The summed E-state index contributed by atoms with van der Waals surface area (Å²) in [4.78, 5) is 33.6. The van der Waals surface area contributed by atoms with Gasteiger partial charge < -0.3 is 21.7 Å². The highest BCUT2D eigenvalue weighted by Crippen LogP contribution is 2.22. The number of nitrogens with zero attached hydrogens (tertiary/aromatic N) is 2. The summed E-state index contributed by atoms with van der Waals surface area (Å²) in [5.74, 6) is -2.16. The maximum absolute atomic E-state index is 13.8. The molecule has 1 aliphatic rings. The maximum atomic E-state index is 13.8. The molecule has 5 N–H and O–H groups in total. The van der Waals surface area contributed by atoms with Crippen LogP contribution in [0.15, 0.2) is 48.7 Å². The van der Waals surface area contributed by atoms with Gasteiger partial charge in [-0.3, -0.25) is 9.59 Å². The number of amides is 2. The summed E-state index contributed by atoms with van der Waals surface area (Å²) in [5.41, 5.74) is 7.31. The van der Waals surface area contributed by atoms with E-state index in [-0.39, 0.29) is 29.5 Å². The van der Waals surface area contributed by atoms with Crippen molar-refractivity contribution < 1.29 is 18.4 Å². The van der Waals surface area contributed by atoms with Gasteiger partial charge in [0.2, 0.25) is 5.91 Å². The van der Waals surface area contributed by atoms with Crippen LogP contribution in [0.4, 0.5) is 20.3 Å². The molecule has 176 valence electrons. The van der Waals surface area contributed by atoms with Crippen molar-refractivity contribution in [1.82, 2.24) is 20.6 Å². The number of nitrogens with one attached hydrogen (secondary N) is 3. The van der Waals surface area contributed by atoms with Crippen molar-refractivity contribution in [2.75, 3.05) is 24.1 Å². The second-order valence-corrected chi connectivity index (χ2v) is 8.05. The molecule has 1 aliphatic heterocycles. The number of carbonyl (C=O) groups excluding carboxylic acids is 2. The third kappa shape index (κ3) is 5.70. The second kappa shape index (κ2) is 10.3. The molecule has 2 amide bonds. The summed E-state index contributed by atoms with van der Waals surface area (Å²) < 4.78 is 27.2. The summed E-state index contributed by atoms with van der Waals surface area (Å²) >= 11 is 0. The van der Waals surface area contributed by atoms with Crippen LogP contribution in [0.3, 0.4) is 0 Å². The van der Waals surface area contributed by atoms with E-state index in [9.17, 15) is 18.4 Å². The normalized spacial score (nSPS) is 15.5. The topological polar surface area (TPSA) is 122 Å². The summed E-state index contributed by atoms with van der Waals surface area (Å²) in [7, 11) is 0. The quantitative estimate of drug-likeness (QED) is 0.443. The number of hydrogen-bond acceptors (Lipinski definition) is 6. The molecule has 1 aromatic heterocycles. The first kappa shape index (κ1) is 23.2. The van der Waals surface area contributed by atoms with E-state index < -0.39 is 23.4 Å². The Balaban J connectivity index is 1.48. The summed E-state index contributed by atoms with van der Waals surface area (Å²) in [6.07, 6.45) is 2.96. The molecular weight excluding hydrogens is 442 g/mol. The summed E-state index contributed by atoms with van der Waals surface area (Å²) in [5, 5.41) is 8.82. The number of carbonyl (C=O) groups is 2. The Morgan fingerprint density at radius 3 is 2.82 bits per heavy atom. The number of anilines is 2. The molecule has 0 bridgehead atoms. The largest absolute Gasteiger partial charge is 0.382 e. The number of aromatic nitrogens is 2. The molecule has 0 spiro atoms. The Morgan fingerprint density at radius 1 is 1.18 bits per heavy atom. The third-order valence-corrected chi connectivity index (χ3v) is 5.45. The first-order chi connectivity index (χ1) is 16.4. The van der Waals surface area contributed by atoms with Crippen molar-refractivity contribution in [3.8, 4) is 11.3 Å². The molecule has 2 heterocycles. The van der Waals surface area contributed by atoms with Gasteiger partial charge in [0.25, 0.3) is 5.91 Å². The minimum absolute atomic E-state index is 0.00688. The number of nitrogen functional groups attached to an aromatic ring is 1. The Kier molecular flexibility index (Phi) is 7.07. The summed E-state index contributed by atoms with van der Waals surface area (Å²) in [6.45, 7) is 1.61. The third-order valence-electron chi connectivity index (χ3n) is 5.45. The van der Waals surface area contributed by atoms with Gasteiger partial charge >= 0.3 is 0 Å². The number of hydrogen-bond donors (Lipinski definition) is 4. The molecule has 2 aromatic carbocycles. The minimum atomic E-state index is -0.655. The van der Waals surface area contributed by atoms with E-state index in [2.05, 4.69) is 25.9 Å². The number of rotatable bonds is 6. The fourth-order valence-electron chi connectivity index (χ4n) is 3.75. The lowest BCUT2D eigenvalue weighted by Gasteiger charge is -2.23. The van der Waals surface area contributed by atoms with Crippen LogP contribution in [0.5, 0.6) is 0 Å². The van der Waals surface area contributed by atoms with Crippen LogP contribution < -0.4 is 21.7 Å². The van der Waals surface area contributed by atoms with E-state index in [0.29, 0.717) is 23.5 Å². The van der Waals surface area contributed by atoms with Crippen LogP contribution in [0.25, 0.3) is 11.3 Å². The second-order valence-electron chi connectivity index (χ2n) is 8.05. The van der Waals surface area contributed by atoms with E-state index in [4.69, 9.17) is 5.73 Å². The number of nitrogens with two attached hydrogens (primary N) is 1. The molecule has 4 rings (SSSR count). The number of benzene rings is 2. The molecule has 3 aromatic rings. The minimum Gasteiger partial charge on any atom is -0.382 e. The zero-order chi connectivity index (χ0) is 24.1. The highest BCUT2D eigenvalue weighted by atomic mass is 19.1. The highest BCUT2D eigenvalue weighted by molar-refractivity contribution is 5.97. The molecule has 1 fully saturated rings. The van der Waals surface area contributed by atoms with Crippen molar-refractivity contribution >= 4 is 23.3 Å². The van der Waals surface area contributed by atoms with E-state index in [0.717, 1.165) is 37.6 Å². The lowest BCUT2D eigenvalue weighted by atomic mass is 10.1. The van der Waals surface area contributed by atoms with Crippen LogP contribution in [-0.2, 0) is 11.2 Å². The number of piperidine rings is 1. The van der Waals surface area contributed by atoms with Crippen molar-refractivity contribution in [1.29, 1.82) is 0 Å². The molecule has 0 aliphatic carbocycles. The molecule has 1 saturated heterocycles. The maximum Gasteiger partial charge on any atom is 0.274 e. The Hall–Kier alpha value is -3.92. The number of halogens is 2. The first-order valence-corrected chi connectivity index (χ1v) is 10.9. The fraction of sp³-hybridized carbons (Fsp3) is 0.250. The van der Waals surface area contributed by atoms with Crippen LogP contribution >= 0.6 is 0 Å². The van der Waals surface area contributed by atoms with Gasteiger partial charge in [-0.1, -0.05) is 12.1 Å². The monoisotopic (exact) mass is 466 g/mol. The molecule has 0 radical (unpaired) electrons. The summed E-state index contributed by atoms with van der Waals surface area (Å²) in [6, 6.07) is 9.70. The van der Waals surface area contributed by atoms with Crippen LogP contribution in [0, 0.1) is 11.6 Å². The van der Waals surface area contributed by atoms with E-state index in [1.165, 1.54) is 6.20 Å². The molecule has 34 heavy (non-hydrogen) atoms. The van der Waals surface area contributed by atoms with Gasteiger partial charge in [-0.2, -0.15) is 0 Å². The highest BCUT2D eigenvalue weighted by Gasteiger charge is 2.20. The van der Waals surface area contributed by atoms with Crippen LogP contribution in [-0.4, -0.2) is 40.9 Å². The Morgan fingerprint density at radius 2 is 2.03 bits per heavy atom.